The number of carbonyl (C=O) groups is 1. The molecular weight excluding hydrogens is 344 g/mol. The number of nitrogens with zero attached hydrogens (tertiary/aromatic N) is 2. The Hall–Kier alpha value is -1.35. The normalized spacial score (nSPS) is 17.6. The average molecular weight is 389 g/mol. The minimum atomic E-state index is 0.343. The third-order valence-corrected chi connectivity index (χ3v) is 5.65. The van der Waals surface area contributed by atoms with E-state index in [0.717, 1.165) is 58.3 Å². The zero-order chi connectivity index (χ0) is 20.9. The van der Waals surface area contributed by atoms with E-state index in [4.69, 9.17) is 0 Å². The monoisotopic (exact) mass is 388 g/mol. The average Bonchev–Trinajstić information content (AvgIpc) is 2.61. The van der Waals surface area contributed by atoms with Gasteiger partial charge in [0.15, 0.2) is 0 Å². The van der Waals surface area contributed by atoms with Gasteiger partial charge in [0, 0.05) is 32.6 Å². The second kappa shape index (κ2) is 13.8. The van der Waals surface area contributed by atoms with Gasteiger partial charge in [-0.1, -0.05) is 41.9 Å². The molecule has 0 bridgehead atoms. The molecule has 0 aliphatic carbocycles. The van der Waals surface area contributed by atoms with E-state index < -0.39 is 0 Å². The second-order valence-electron chi connectivity index (χ2n) is 9.03. The molecule has 0 N–H and O–H groups in total. The number of likely N-dealkylation sites (N-methyl/N-ethyl adjacent to an activating group) is 1. The van der Waals surface area contributed by atoms with Gasteiger partial charge in [-0.15, -0.1) is 0 Å². The van der Waals surface area contributed by atoms with Crippen molar-refractivity contribution in [3.8, 4) is 0 Å². The molecule has 0 saturated carbocycles. The Labute approximate surface area is 174 Å². The maximum atomic E-state index is 12.4. The summed E-state index contributed by atoms with van der Waals surface area (Å²) in [5.74, 6) is 0.809. The second-order valence-corrected chi connectivity index (χ2v) is 9.03. The van der Waals surface area contributed by atoms with Crippen LogP contribution in [0.5, 0.6) is 0 Å². The molecule has 3 heteroatoms. The molecule has 1 amide bonds. The summed E-state index contributed by atoms with van der Waals surface area (Å²) in [4.78, 5) is 16.7. The van der Waals surface area contributed by atoms with Crippen molar-refractivity contribution in [2.45, 2.75) is 79.6 Å². The largest absolute Gasteiger partial charge is 0.340 e. The summed E-state index contributed by atoms with van der Waals surface area (Å²) in [7, 11) is 2.13. The number of hydrogen-bond donors (Lipinski definition) is 0. The molecule has 1 heterocycles. The quantitative estimate of drug-likeness (QED) is 0.406. The summed E-state index contributed by atoms with van der Waals surface area (Å²) < 4.78 is 0. The van der Waals surface area contributed by atoms with Gasteiger partial charge in [-0.2, -0.15) is 0 Å². The predicted molar refractivity (Wildman–Crippen MR) is 123 cm³/mol. The minimum absolute atomic E-state index is 0.343. The zero-order valence-electron chi connectivity index (χ0n) is 19.4. The molecule has 0 aromatic rings. The van der Waals surface area contributed by atoms with Crippen LogP contribution in [0.3, 0.4) is 0 Å². The van der Waals surface area contributed by atoms with Gasteiger partial charge in [0.2, 0.25) is 5.91 Å². The van der Waals surface area contributed by atoms with E-state index in [0.29, 0.717) is 18.2 Å². The highest BCUT2D eigenvalue weighted by molar-refractivity contribution is 5.76. The molecule has 160 valence electrons. The lowest BCUT2D eigenvalue weighted by Gasteiger charge is -2.33. The first-order valence-corrected chi connectivity index (χ1v) is 11.2. The summed E-state index contributed by atoms with van der Waals surface area (Å²) in [5, 5.41) is 0. The molecule has 1 fully saturated rings. The summed E-state index contributed by atoms with van der Waals surface area (Å²) in [6, 6.07) is 0. The van der Waals surface area contributed by atoms with Gasteiger partial charge in [-0.05, 0) is 79.2 Å². The van der Waals surface area contributed by atoms with E-state index in [1.54, 1.807) is 0 Å². The molecular formula is C25H44N2O. The number of hydrogen-bond acceptors (Lipinski definition) is 2. The van der Waals surface area contributed by atoms with E-state index in [9.17, 15) is 4.79 Å². The Kier molecular flexibility index (Phi) is 12.1. The molecule has 1 rings (SSSR count). The van der Waals surface area contributed by atoms with E-state index >= 15 is 0 Å². The SMILES string of the molecule is CC(C)=CCCC(C)=CCCC(C)=CCCC(C)CC(=O)N1CCN(C)CC1. The molecule has 1 aliphatic heterocycles. The number of carbonyl (C=O) groups excluding carboxylic acids is 1. The number of piperazine rings is 1. The lowest BCUT2D eigenvalue weighted by Crippen LogP contribution is -2.47. The first-order chi connectivity index (χ1) is 13.3. The van der Waals surface area contributed by atoms with Crippen LogP contribution < -0.4 is 0 Å². The van der Waals surface area contributed by atoms with Gasteiger partial charge in [0.1, 0.15) is 0 Å². The van der Waals surface area contributed by atoms with Crippen molar-refractivity contribution >= 4 is 5.91 Å². The highest BCUT2D eigenvalue weighted by Crippen LogP contribution is 2.16. The Morgan fingerprint density at radius 2 is 1.39 bits per heavy atom. The Morgan fingerprint density at radius 1 is 0.857 bits per heavy atom. The van der Waals surface area contributed by atoms with E-state index in [-0.39, 0.29) is 0 Å². The van der Waals surface area contributed by atoms with Crippen LogP contribution in [0.2, 0.25) is 0 Å². The van der Waals surface area contributed by atoms with Crippen molar-refractivity contribution in [1.82, 2.24) is 9.80 Å². The molecule has 0 aromatic heterocycles. The van der Waals surface area contributed by atoms with Crippen molar-refractivity contribution in [2.75, 3.05) is 33.2 Å². The van der Waals surface area contributed by atoms with Crippen LogP contribution >= 0.6 is 0 Å². The van der Waals surface area contributed by atoms with E-state index in [2.05, 4.69) is 64.8 Å². The minimum Gasteiger partial charge on any atom is -0.340 e. The van der Waals surface area contributed by atoms with E-state index in [1.165, 1.54) is 23.1 Å². The molecule has 0 aromatic carbocycles. The first-order valence-electron chi connectivity index (χ1n) is 11.2. The standard InChI is InChI=1S/C25H44N2O/c1-21(2)10-7-11-22(3)12-8-13-23(4)14-9-15-24(5)20-25(28)27-18-16-26(6)17-19-27/h10,12,14,24H,7-9,11,13,15-20H2,1-6H3. The Bertz CT molecular complexity index is 547. The summed E-state index contributed by atoms with van der Waals surface area (Å²) in [6.07, 6.45) is 14.6. The first kappa shape index (κ1) is 24.7. The highest BCUT2D eigenvalue weighted by Gasteiger charge is 2.20. The summed E-state index contributed by atoms with van der Waals surface area (Å²) >= 11 is 0. The van der Waals surface area contributed by atoms with Crippen molar-refractivity contribution in [3.63, 3.8) is 0 Å². The van der Waals surface area contributed by atoms with Crippen LogP contribution in [0.4, 0.5) is 0 Å². The van der Waals surface area contributed by atoms with Crippen LogP contribution in [0.15, 0.2) is 34.9 Å². The number of allylic oxidation sites excluding steroid dienone is 6. The Morgan fingerprint density at radius 3 is 1.96 bits per heavy atom. The number of amides is 1. The van der Waals surface area contributed by atoms with Crippen molar-refractivity contribution < 1.29 is 4.79 Å². The van der Waals surface area contributed by atoms with Crippen molar-refractivity contribution in [3.05, 3.63) is 34.9 Å². The van der Waals surface area contributed by atoms with Gasteiger partial charge in [-0.25, -0.2) is 0 Å². The fourth-order valence-corrected chi connectivity index (χ4v) is 3.54. The zero-order valence-corrected chi connectivity index (χ0v) is 19.4. The van der Waals surface area contributed by atoms with Crippen molar-refractivity contribution in [1.29, 1.82) is 0 Å². The summed E-state index contributed by atoms with van der Waals surface area (Å²) in [6.45, 7) is 14.8. The smallest absolute Gasteiger partial charge is 0.222 e. The molecule has 1 atom stereocenters. The third kappa shape index (κ3) is 11.5. The van der Waals surface area contributed by atoms with Crippen molar-refractivity contribution in [2.24, 2.45) is 5.92 Å². The van der Waals surface area contributed by atoms with Crippen LogP contribution in [0.25, 0.3) is 0 Å². The molecule has 1 saturated heterocycles. The maximum absolute atomic E-state index is 12.4. The third-order valence-electron chi connectivity index (χ3n) is 5.65. The lowest BCUT2D eigenvalue weighted by molar-refractivity contribution is -0.133. The lowest BCUT2D eigenvalue weighted by atomic mass is 9.99. The maximum Gasteiger partial charge on any atom is 0.222 e. The van der Waals surface area contributed by atoms with Gasteiger partial charge in [0.25, 0.3) is 0 Å². The fraction of sp³-hybridized carbons (Fsp3) is 0.720. The highest BCUT2D eigenvalue weighted by atomic mass is 16.2. The molecule has 0 radical (unpaired) electrons. The molecule has 28 heavy (non-hydrogen) atoms. The fourth-order valence-electron chi connectivity index (χ4n) is 3.54. The van der Waals surface area contributed by atoms with Crippen LogP contribution in [-0.4, -0.2) is 48.9 Å². The van der Waals surface area contributed by atoms with Gasteiger partial charge in [-0.3, -0.25) is 4.79 Å². The molecule has 1 unspecified atom stereocenters. The van der Waals surface area contributed by atoms with Gasteiger partial charge in [0.05, 0.1) is 0 Å². The number of rotatable bonds is 11. The molecule has 0 spiro atoms. The van der Waals surface area contributed by atoms with Gasteiger partial charge < -0.3 is 9.80 Å². The van der Waals surface area contributed by atoms with Crippen LogP contribution in [-0.2, 0) is 4.79 Å². The van der Waals surface area contributed by atoms with E-state index in [1.807, 2.05) is 4.90 Å². The topological polar surface area (TPSA) is 23.6 Å². The molecule has 3 nitrogen and oxygen atoms in total. The van der Waals surface area contributed by atoms with Gasteiger partial charge >= 0.3 is 0 Å². The van der Waals surface area contributed by atoms with Crippen LogP contribution in [0, 0.1) is 5.92 Å². The van der Waals surface area contributed by atoms with Crippen LogP contribution in [0.1, 0.15) is 79.6 Å². The Balaban J connectivity index is 2.20. The molecule has 1 aliphatic rings. The predicted octanol–water partition coefficient (Wildman–Crippen LogP) is 5.99. The summed E-state index contributed by atoms with van der Waals surface area (Å²) in [5.41, 5.74) is 4.39.